The molecular formula is C11H16F3N5. The smallest absolute Gasteiger partial charge is 0.329 e. The Morgan fingerprint density at radius 2 is 2.16 bits per heavy atom. The van der Waals surface area contributed by atoms with Crippen LogP contribution in [0.4, 0.5) is 13.2 Å². The van der Waals surface area contributed by atoms with Crippen LogP contribution in [0.1, 0.15) is 12.1 Å². The fourth-order valence-corrected chi connectivity index (χ4v) is 1.99. The van der Waals surface area contributed by atoms with Crippen LogP contribution < -0.4 is 5.73 Å². The van der Waals surface area contributed by atoms with Gasteiger partial charge < -0.3 is 5.73 Å². The Labute approximate surface area is 108 Å². The number of hydrogen-bond donors (Lipinski definition) is 1. The van der Waals surface area contributed by atoms with Gasteiger partial charge in [-0.2, -0.15) is 13.2 Å². The van der Waals surface area contributed by atoms with Gasteiger partial charge in [-0.1, -0.05) is 11.3 Å². The van der Waals surface area contributed by atoms with E-state index in [9.17, 15) is 13.2 Å². The van der Waals surface area contributed by atoms with Crippen LogP contribution in [0.15, 0.2) is 17.8 Å². The van der Waals surface area contributed by atoms with E-state index in [0.29, 0.717) is 32.7 Å². The second-order valence-electron chi connectivity index (χ2n) is 4.47. The quantitative estimate of drug-likeness (QED) is 0.831. The highest BCUT2D eigenvalue weighted by atomic mass is 19.4. The molecule has 0 radical (unpaired) electrons. The number of rotatable bonds is 4. The average Bonchev–Trinajstić information content (AvgIpc) is 2.77. The van der Waals surface area contributed by atoms with Crippen molar-refractivity contribution in [1.82, 2.24) is 19.9 Å². The first-order chi connectivity index (χ1) is 8.99. The van der Waals surface area contributed by atoms with Crippen LogP contribution in [0.5, 0.6) is 0 Å². The van der Waals surface area contributed by atoms with E-state index in [4.69, 9.17) is 5.73 Å². The van der Waals surface area contributed by atoms with Gasteiger partial charge in [0.1, 0.15) is 0 Å². The van der Waals surface area contributed by atoms with Crippen LogP contribution in [-0.4, -0.2) is 45.7 Å². The molecule has 2 rings (SSSR count). The first-order valence-electron chi connectivity index (χ1n) is 6.06. The molecule has 0 unspecified atom stereocenters. The summed E-state index contributed by atoms with van der Waals surface area (Å²) in [7, 11) is 0. The summed E-state index contributed by atoms with van der Waals surface area (Å²) in [6.07, 6.45) is -1.15. The number of hydrogen-bond acceptors (Lipinski definition) is 4. The zero-order valence-corrected chi connectivity index (χ0v) is 10.4. The van der Waals surface area contributed by atoms with E-state index in [-0.39, 0.29) is 6.42 Å². The zero-order chi connectivity index (χ0) is 13.9. The molecule has 0 atom stereocenters. The average molecular weight is 275 g/mol. The lowest BCUT2D eigenvalue weighted by atomic mass is 10.1. The molecule has 8 heteroatoms. The molecule has 106 valence electrons. The van der Waals surface area contributed by atoms with Gasteiger partial charge in [0.15, 0.2) is 0 Å². The lowest BCUT2D eigenvalue weighted by molar-refractivity contribution is -0.0960. The number of alkyl halides is 3. The molecule has 0 aliphatic carbocycles. The van der Waals surface area contributed by atoms with Crippen molar-refractivity contribution < 1.29 is 13.2 Å². The van der Waals surface area contributed by atoms with Crippen molar-refractivity contribution >= 4 is 0 Å². The standard InChI is InChI=1S/C11H16F3N5/c12-11(13,14)9-1-4-18(5-2-9)7-10-8-19(6-3-15)17-16-10/h1,8H,2-7,15H2. The zero-order valence-electron chi connectivity index (χ0n) is 10.4. The van der Waals surface area contributed by atoms with Crippen LogP contribution in [0, 0.1) is 0 Å². The normalized spacial score (nSPS) is 17.6. The Hall–Kier alpha value is -1.41. The predicted octanol–water partition coefficient (Wildman–Crippen LogP) is 0.931. The molecule has 0 bridgehead atoms. The lowest BCUT2D eigenvalue weighted by Gasteiger charge is -2.26. The monoisotopic (exact) mass is 275 g/mol. The molecule has 1 aromatic rings. The molecule has 2 N–H and O–H groups in total. The van der Waals surface area contributed by atoms with Crippen molar-refractivity contribution in [3.05, 3.63) is 23.5 Å². The van der Waals surface area contributed by atoms with Crippen LogP contribution in [-0.2, 0) is 13.1 Å². The Bertz CT molecular complexity index is 451. The molecule has 0 amide bonds. The first-order valence-corrected chi connectivity index (χ1v) is 6.06. The predicted molar refractivity (Wildman–Crippen MR) is 63.1 cm³/mol. The van der Waals surface area contributed by atoms with Crippen molar-refractivity contribution in [3.8, 4) is 0 Å². The SMILES string of the molecule is NCCn1cc(CN2CC=C(C(F)(F)F)CC2)nn1. The third-order valence-corrected chi connectivity index (χ3v) is 2.99. The molecule has 0 aromatic carbocycles. The summed E-state index contributed by atoms with van der Waals surface area (Å²) in [5, 5.41) is 7.86. The third-order valence-electron chi connectivity index (χ3n) is 2.99. The van der Waals surface area contributed by atoms with Gasteiger partial charge in [0.25, 0.3) is 0 Å². The summed E-state index contributed by atoms with van der Waals surface area (Å²) in [5.41, 5.74) is 5.71. The number of nitrogens with zero attached hydrogens (tertiary/aromatic N) is 4. The summed E-state index contributed by atoms with van der Waals surface area (Å²) in [4.78, 5) is 1.91. The summed E-state index contributed by atoms with van der Waals surface area (Å²) >= 11 is 0. The fraction of sp³-hybridized carbons (Fsp3) is 0.636. The maximum atomic E-state index is 12.5. The van der Waals surface area contributed by atoms with Gasteiger partial charge >= 0.3 is 6.18 Å². The van der Waals surface area contributed by atoms with Gasteiger partial charge in [-0.25, -0.2) is 0 Å². The molecule has 0 spiro atoms. The molecule has 1 aliphatic rings. The van der Waals surface area contributed by atoms with Gasteiger partial charge in [-0.05, 0) is 6.42 Å². The van der Waals surface area contributed by atoms with E-state index < -0.39 is 11.7 Å². The Morgan fingerprint density at radius 3 is 2.74 bits per heavy atom. The van der Waals surface area contributed by atoms with Gasteiger partial charge in [-0.3, -0.25) is 9.58 Å². The van der Waals surface area contributed by atoms with Crippen molar-refractivity contribution in [3.63, 3.8) is 0 Å². The lowest BCUT2D eigenvalue weighted by Crippen LogP contribution is -2.31. The van der Waals surface area contributed by atoms with Crippen LogP contribution in [0.3, 0.4) is 0 Å². The Kier molecular flexibility index (Phi) is 4.20. The highest BCUT2D eigenvalue weighted by Crippen LogP contribution is 2.30. The highest BCUT2D eigenvalue weighted by Gasteiger charge is 2.34. The van der Waals surface area contributed by atoms with Crippen LogP contribution >= 0.6 is 0 Å². The summed E-state index contributed by atoms with van der Waals surface area (Å²) < 4.78 is 39.0. The minimum Gasteiger partial charge on any atom is -0.329 e. The molecule has 19 heavy (non-hydrogen) atoms. The molecule has 1 aliphatic heterocycles. The van der Waals surface area contributed by atoms with Crippen molar-refractivity contribution in [2.75, 3.05) is 19.6 Å². The van der Waals surface area contributed by atoms with E-state index in [0.717, 1.165) is 5.69 Å². The topological polar surface area (TPSA) is 60.0 Å². The molecular weight excluding hydrogens is 259 g/mol. The third kappa shape index (κ3) is 3.77. The molecule has 1 aromatic heterocycles. The Balaban J connectivity index is 1.90. The van der Waals surface area contributed by atoms with E-state index in [1.165, 1.54) is 6.08 Å². The van der Waals surface area contributed by atoms with Gasteiger partial charge in [-0.15, -0.1) is 5.10 Å². The Morgan fingerprint density at radius 1 is 1.37 bits per heavy atom. The van der Waals surface area contributed by atoms with Gasteiger partial charge in [0.05, 0.1) is 12.2 Å². The summed E-state index contributed by atoms with van der Waals surface area (Å²) in [6.45, 7) is 2.25. The van der Waals surface area contributed by atoms with E-state index in [1.54, 1.807) is 10.9 Å². The van der Waals surface area contributed by atoms with Crippen molar-refractivity contribution in [2.45, 2.75) is 25.7 Å². The molecule has 0 fully saturated rings. The second-order valence-corrected chi connectivity index (χ2v) is 4.47. The van der Waals surface area contributed by atoms with E-state index in [1.807, 2.05) is 4.90 Å². The second kappa shape index (κ2) is 5.70. The summed E-state index contributed by atoms with van der Waals surface area (Å²) in [5.74, 6) is 0. The largest absolute Gasteiger partial charge is 0.412 e. The maximum Gasteiger partial charge on any atom is 0.412 e. The van der Waals surface area contributed by atoms with Crippen LogP contribution in [0.2, 0.25) is 0 Å². The summed E-state index contributed by atoms with van der Waals surface area (Å²) in [6, 6.07) is 0. The molecule has 0 saturated heterocycles. The van der Waals surface area contributed by atoms with Crippen molar-refractivity contribution in [2.24, 2.45) is 5.73 Å². The van der Waals surface area contributed by atoms with E-state index >= 15 is 0 Å². The molecule has 2 heterocycles. The number of halogens is 3. The minimum atomic E-state index is -4.20. The molecule has 0 saturated carbocycles. The number of aromatic nitrogens is 3. The van der Waals surface area contributed by atoms with E-state index in [2.05, 4.69) is 10.3 Å². The molecule has 5 nitrogen and oxygen atoms in total. The fourth-order valence-electron chi connectivity index (χ4n) is 1.99. The van der Waals surface area contributed by atoms with Gasteiger partial charge in [0, 0.05) is 37.9 Å². The van der Waals surface area contributed by atoms with Gasteiger partial charge in [0.2, 0.25) is 0 Å². The first kappa shape index (κ1) is 14.0. The highest BCUT2D eigenvalue weighted by molar-refractivity contribution is 5.13. The minimum absolute atomic E-state index is 0.0282. The van der Waals surface area contributed by atoms with Crippen LogP contribution in [0.25, 0.3) is 0 Å². The van der Waals surface area contributed by atoms with Crippen molar-refractivity contribution in [1.29, 1.82) is 0 Å². The maximum absolute atomic E-state index is 12.5. The number of nitrogens with two attached hydrogens (primary N) is 1.